The zero-order chi connectivity index (χ0) is 12.8. The van der Waals surface area contributed by atoms with Crippen molar-refractivity contribution >= 4 is 5.69 Å². The third-order valence-electron chi connectivity index (χ3n) is 3.46. The molecule has 3 heteroatoms. The zero-order valence-electron chi connectivity index (χ0n) is 11.2. The minimum atomic E-state index is -0.0762. The van der Waals surface area contributed by atoms with Crippen molar-refractivity contribution in [2.75, 3.05) is 24.5 Å². The highest BCUT2D eigenvalue weighted by Crippen LogP contribution is 2.23. The number of piperidine rings is 1. The summed E-state index contributed by atoms with van der Waals surface area (Å²) in [4.78, 5) is 2.17. The first-order valence-electron chi connectivity index (χ1n) is 7.05. The summed E-state index contributed by atoms with van der Waals surface area (Å²) >= 11 is 0. The van der Waals surface area contributed by atoms with Gasteiger partial charge in [-0.3, -0.25) is 0 Å². The molecule has 1 fully saturated rings. The van der Waals surface area contributed by atoms with Crippen LogP contribution in [0.1, 0.15) is 38.2 Å². The molecule has 18 heavy (non-hydrogen) atoms. The standard InChI is InChI=1S/C15H23FN2/c1-2-8-17-12-13-6-7-15(14(16)11-13)18-9-4-3-5-10-18/h6-7,11,17H,2-5,8-10,12H2,1H3. The molecule has 0 saturated carbocycles. The first-order chi connectivity index (χ1) is 8.81. The van der Waals surface area contributed by atoms with Gasteiger partial charge in [-0.1, -0.05) is 13.0 Å². The topological polar surface area (TPSA) is 15.3 Å². The van der Waals surface area contributed by atoms with Gasteiger partial charge in [0.05, 0.1) is 5.69 Å². The lowest BCUT2D eigenvalue weighted by Gasteiger charge is -2.29. The van der Waals surface area contributed by atoms with Crippen LogP contribution in [0.2, 0.25) is 0 Å². The second-order valence-corrected chi connectivity index (χ2v) is 5.01. The van der Waals surface area contributed by atoms with E-state index >= 15 is 0 Å². The molecule has 0 bridgehead atoms. The minimum absolute atomic E-state index is 0.0762. The summed E-state index contributed by atoms with van der Waals surface area (Å²) in [5.74, 6) is -0.0762. The van der Waals surface area contributed by atoms with E-state index in [0.29, 0.717) is 0 Å². The van der Waals surface area contributed by atoms with Gasteiger partial charge in [0.1, 0.15) is 5.82 Å². The number of nitrogens with one attached hydrogen (secondary N) is 1. The minimum Gasteiger partial charge on any atom is -0.369 e. The molecule has 1 N–H and O–H groups in total. The quantitative estimate of drug-likeness (QED) is 0.806. The molecule has 1 aromatic carbocycles. The monoisotopic (exact) mass is 250 g/mol. The highest BCUT2D eigenvalue weighted by molar-refractivity contribution is 5.49. The summed E-state index contributed by atoms with van der Waals surface area (Å²) in [6.45, 7) is 5.85. The van der Waals surface area contributed by atoms with E-state index in [-0.39, 0.29) is 5.82 Å². The van der Waals surface area contributed by atoms with E-state index in [4.69, 9.17) is 0 Å². The van der Waals surface area contributed by atoms with Gasteiger partial charge in [-0.05, 0) is 49.9 Å². The Balaban J connectivity index is 2.00. The van der Waals surface area contributed by atoms with Crippen LogP contribution in [-0.2, 0) is 6.54 Å². The van der Waals surface area contributed by atoms with E-state index in [9.17, 15) is 4.39 Å². The molecular weight excluding hydrogens is 227 g/mol. The molecule has 0 aromatic heterocycles. The first-order valence-corrected chi connectivity index (χ1v) is 7.05. The number of anilines is 1. The van der Waals surface area contributed by atoms with Crippen molar-refractivity contribution in [3.05, 3.63) is 29.6 Å². The van der Waals surface area contributed by atoms with Crippen molar-refractivity contribution < 1.29 is 4.39 Å². The van der Waals surface area contributed by atoms with Crippen LogP contribution >= 0.6 is 0 Å². The highest BCUT2D eigenvalue weighted by atomic mass is 19.1. The molecule has 1 aliphatic heterocycles. The SMILES string of the molecule is CCCNCc1ccc(N2CCCCC2)c(F)c1. The normalized spacial score (nSPS) is 16.0. The van der Waals surface area contributed by atoms with Gasteiger partial charge in [-0.25, -0.2) is 4.39 Å². The first kappa shape index (κ1) is 13.3. The molecule has 1 aromatic rings. The summed E-state index contributed by atoms with van der Waals surface area (Å²) < 4.78 is 14.1. The van der Waals surface area contributed by atoms with Gasteiger partial charge in [0, 0.05) is 19.6 Å². The van der Waals surface area contributed by atoms with Gasteiger partial charge in [-0.2, -0.15) is 0 Å². The second kappa shape index (κ2) is 6.74. The molecular formula is C15H23FN2. The molecule has 1 saturated heterocycles. The van der Waals surface area contributed by atoms with E-state index in [1.807, 2.05) is 12.1 Å². The van der Waals surface area contributed by atoms with E-state index in [0.717, 1.165) is 43.9 Å². The number of benzene rings is 1. The van der Waals surface area contributed by atoms with Crippen molar-refractivity contribution in [2.45, 2.75) is 39.2 Å². The largest absolute Gasteiger partial charge is 0.369 e. The Morgan fingerprint density at radius 3 is 2.67 bits per heavy atom. The lowest BCUT2D eigenvalue weighted by Crippen LogP contribution is -2.30. The van der Waals surface area contributed by atoms with Crippen molar-refractivity contribution in [3.63, 3.8) is 0 Å². The van der Waals surface area contributed by atoms with Crippen LogP contribution in [0.25, 0.3) is 0 Å². The number of nitrogens with zero attached hydrogens (tertiary/aromatic N) is 1. The molecule has 2 nitrogen and oxygen atoms in total. The van der Waals surface area contributed by atoms with Gasteiger partial charge in [0.2, 0.25) is 0 Å². The molecule has 0 amide bonds. The number of hydrogen-bond donors (Lipinski definition) is 1. The molecule has 2 rings (SSSR count). The lowest BCUT2D eigenvalue weighted by molar-refractivity contribution is 0.555. The molecule has 0 aliphatic carbocycles. The van der Waals surface area contributed by atoms with Gasteiger partial charge in [0.15, 0.2) is 0 Å². The lowest BCUT2D eigenvalue weighted by atomic mass is 10.1. The van der Waals surface area contributed by atoms with Gasteiger partial charge in [0.25, 0.3) is 0 Å². The van der Waals surface area contributed by atoms with Crippen LogP contribution in [-0.4, -0.2) is 19.6 Å². The predicted octanol–water partition coefficient (Wildman–Crippen LogP) is 3.32. The number of rotatable bonds is 5. The Bertz CT molecular complexity index is 373. The Hall–Kier alpha value is -1.09. The van der Waals surface area contributed by atoms with Crippen molar-refractivity contribution in [2.24, 2.45) is 0 Å². The van der Waals surface area contributed by atoms with Crippen LogP contribution < -0.4 is 10.2 Å². The van der Waals surface area contributed by atoms with Crippen LogP contribution in [0.15, 0.2) is 18.2 Å². The Morgan fingerprint density at radius 1 is 1.22 bits per heavy atom. The van der Waals surface area contributed by atoms with Crippen LogP contribution in [0.5, 0.6) is 0 Å². The maximum atomic E-state index is 14.1. The van der Waals surface area contributed by atoms with E-state index in [2.05, 4.69) is 17.1 Å². The van der Waals surface area contributed by atoms with Crippen molar-refractivity contribution in [3.8, 4) is 0 Å². The summed E-state index contributed by atoms with van der Waals surface area (Å²) in [5.41, 5.74) is 1.80. The molecule has 0 atom stereocenters. The Kier molecular flexibility index (Phi) is 5.00. The summed E-state index contributed by atoms with van der Waals surface area (Å²) in [6, 6.07) is 5.64. The summed E-state index contributed by atoms with van der Waals surface area (Å²) in [5, 5.41) is 3.30. The van der Waals surface area contributed by atoms with E-state index in [1.54, 1.807) is 6.07 Å². The van der Waals surface area contributed by atoms with Gasteiger partial charge in [-0.15, -0.1) is 0 Å². The molecule has 0 unspecified atom stereocenters. The molecule has 0 radical (unpaired) electrons. The fourth-order valence-corrected chi connectivity index (χ4v) is 2.46. The highest BCUT2D eigenvalue weighted by Gasteiger charge is 2.14. The number of hydrogen-bond acceptors (Lipinski definition) is 2. The number of halogens is 1. The predicted molar refractivity (Wildman–Crippen MR) is 74.5 cm³/mol. The molecule has 0 spiro atoms. The molecule has 1 heterocycles. The van der Waals surface area contributed by atoms with Gasteiger partial charge >= 0.3 is 0 Å². The average Bonchev–Trinajstić information content (AvgIpc) is 2.40. The van der Waals surface area contributed by atoms with Crippen LogP contribution in [0.3, 0.4) is 0 Å². The smallest absolute Gasteiger partial charge is 0.146 e. The fraction of sp³-hybridized carbons (Fsp3) is 0.600. The van der Waals surface area contributed by atoms with Crippen LogP contribution in [0, 0.1) is 5.82 Å². The van der Waals surface area contributed by atoms with Crippen molar-refractivity contribution in [1.82, 2.24) is 5.32 Å². The van der Waals surface area contributed by atoms with E-state index < -0.39 is 0 Å². The fourth-order valence-electron chi connectivity index (χ4n) is 2.46. The summed E-state index contributed by atoms with van der Waals surface area (Å²) in [6.07, 6.45) is 4.74. The molecule has 100 valence electrons. The maximum Gasteiger partial charge on any atom is 0.146 e. The van der Waals surface area contributed by atoms with Crippen molar-refractivity contribution in [1.29, 1.82) is 0 Å². The summed E-state index contributed by atoms with van der Waals surface area (Å²) in [7, 11) is 0. The Morgan fingerprint density at radius 2 is 2.00 bits per heavy atom. The second-order valence-electron chi connectivity index (χ2n) is 5.01. The third-order valence-corrected chi connectivity index (χ3v) is 3.46. The third kappa shape index (κ3) is 3.45. The Labute approximate surface area is 109 Å². The van der Waals surface area contributed by atoms with Crippen LogP contribution in [0.4, 0.5) is 10.1 Å². The maximum absolute atomic E-state index is 14.1. The van der Waals surface area contributed by atoms with Gasteiger partial charge < -0.3 is 10.2 Å². The van der Waals surface area contributed by atoms with E-state index in [1.165, 1.54) is 19.3 Å². The zero-order valence-corrected chi connectivity index (χ0v) is 11.2. The molecule has 1 aliphatic rings. The average molecular weight is 250 g/mol.